The van der Waals surface area contributed by atoms with Gasteiger partial charge in [0.05, 0.1) is 10.1 Å². The van der Waals surface area contributed by atoms with Crippen LogP contribution in [0.1, 0.15) is 54.3 Å². The number of halogens is 2. The minimum absolute atomic E-state index is 0.0987. The largest absolute Gasteiger partial charge is 0.289 e. The summed E-state index contributed by atoms with van der Waals surface area (Å²) in [5, 5.41) is -0.197. The van der Waals surface area contributed by atoms with E-state index in [1.54, 1.807) is 60.7 Å². The summed E-state index contributed by atoms with van der Waals surface area (Å²) < 4.78 is 0. The first-order valence-electron chi connectivity index (χ1n) is 9.21. The molecule has 0 N–H and O–H groups in total. The fourth-order valence-corrected chi connectivity index (χ4v) is 4.09. The molecule has 0 atom stereocenters. The highest BCUT2D eigenvalue weighted by molar-refractivity contribution is 6.50. The minimum Gasteiger partial charge on any atom is -0.289 e. The van der Waals surface area contributed by atoms with E-state index in [2.05, 4.69) is 0 Å². The van der Waals surface area contributed by atoms with Crippen molar-refractivity contribution in [1.82, 2.24) is 0 Å². The van der Waals surface area contributed by atoms with Gasteiger partial charge in [-0.15, -0.1) is 0 Å². The maximum Gasteiger partial charge on any atom is 0.205 e. The lowest BCUT2D eigenvalue weighted by molar-refractivity contribution is 0.0979. The Bertz CT molecular complexity index is 1140. The first-order valence-corrected chi connectivity index (χ1v) is 9.96. The van der Waals surface area contributed by atoms with Crippen LogP contribution in [0.25, 0.3) is 0 Å². The molecule has 0 saturated carbocycles. The Labute approximate surface area is 182 Å². The Kier molecular flexibility index (Phi) is 5.37. The van der Waals surface area contributed by atoms with E-state index >= 15 is 0 Å². The normalized spacial score (nSPS) is 16.5. The van der Waals surface area contributed by atoms with Crippen LogP contribution in [-0.4, -0.2) is 23.1 Å². The van der Waals surface area contributed by atoms with Crippen LogP contribution >= 0.6 is 23.2 Å². The van der Waals surface area contributed by atoms with Crippen LogP contribution in [0.2, 0.25) is 0 Å². The van der Waals surface area contributed by atoms with Crippen molar-refractivity contribution in [2.45, 2.75) is 12.8 Å². The quantitative estimate of drug-likeness (QED) is 0.596. The fraction of sp³-hybridized carbons (Fsp3) is 0.0833. The van der Waals surface area contributed by atoms with Crippen molar-refractivity contribution in [3.8, 4) is 0 Å². The van der Waals surface area contributed by atoms with Gasteiger partial charge in [-0.2, -0.15) is 0 Å². The van der Waals surface area contributed by atoms with Crippen molar-refractivity contribution in [2.24, 2.45) is 0 Å². The van der Waals surface area contributed by atoms with Crippen LogP contribution in [0.5, 0.6) is 0 Å². The van der Waals surface area contributed by atoms with Crippen molar-refractivity contribution in [2.75, 3.05) is 0 Å². The number of benzene rings is 2. The van der Waals surface area contributed by atoms with Crippen LogP contribution < -0.4 is 0 Å². The van der Waals surface area contributed by atoms with Gasteiger partial charge in [-0.25, -0.2) is 0 Å². The van der Waals surface area contributed by atoms with E-state index in [0.29, 0.717) is 22.3 Å². The predicted octanol–water partition coefficient (Wildman–Crippen LogP) is 5.47. The molecule has 4 nitrogen and oxygen atoms in total. The van der Waals surface area contributed by atoms with Crippen molar-refractivity contribution in [3.05, 3.63) is 104 Å². The van der Waals surface area contributed by atoms with Gasteiger partial charge in [-0.3, -0.25) is 19.2 Å². The first-order chi connectivity index (χ1) is 14.4. The van der Waals surface area contributed by atoms with Crippen molar-refractivity contribution < 1.29 is 19.2 Å². The lowest BCUT2D eigenvalue weighted by Crippen LogP contribution is -2.20. The number of ketones is 4. The Morgan fingerprint density at radius 1 is 0.533 bits per heavy atom. The van der Waals surface area contributed by atoms with Crippen molar-refractivity contribution in [3.63, 3.8) is 0 Å². The van der Waals surface area contributed by atoms with Crippen molar-refractivity contribution in [1.29, 1.82) is 0 Å². The molecule has 0 bridgehead atoms. The van der Waals surface area contributed by atoms with E-state index in [9.17, 15) is 19.2 Å². The molecule has 6 heteroatoms. The third-order valence-electron chi connectivity index (χ3n) is 5.12. The van der Waals surface area contributed by atoms with Crippen LogP contribution in [0.3, 0.4) is 0 Å². The zero-order chi connectivity index (χ0) is 21.4. The third-order valence-corrected chi connectivity index (χ3v) is 5.92. The molecule has 0 saturated heterocycles. The third kappa shape index (κ3) is 3.28. The second-order valence-corrected chi connectivity index (χ2v) is 7.63. The molecular formula is C24H14Cl2O4. The Morgan fingerprint density at radius 3 is 1.17 bits per heavy atom. The summed E-state index contributed by atoms with van der Waals surface area (Å²) in [4.78, 5) is 50.2. The van der Waals surface area contributed by atoms with Gasteiger partial charge in [0.25, 0.3) is 0 Å². The summed E-state index contributed by atoms with van der Waals surface area (Å²) in [6.07, 6.45) is 3.54. The van der Waals surface area contributed by atoms with E-state index in [0.717, 1.165) is 0 Å². The van der Waals surface area contributed by atoms with Gasteiger partial charge in [0, 0.05) is 33.4 Å². The van der Waals surface area contributed by atoms with Crippen molar-refractivity contribution >= 4 is 46.3 Å². The SMILES string of the molecule is O=C1C(Cl)=C(CC=CCC2=C(Cl)C(=O)c3ccccc3C2=O)C(=O)c2ccccc21. The highest BCUT2D eigenvalue weighted by Gasteiger charge is 2.31. The van der Waals surface area contributed by atoms with Gasteiger partial charge >= 0.3 is 0 Å². The van der Waals surface area contributed by atoms with Gasteiger partial charge in [0.15, 0.2) is 11.6 Å². The van der Waals surface area contributed by atoms with Gasteiger partial charge < -0.3 is 0 Å². The number of rotatable bonds is 4. The summed E-state index contributed by atoms with van der Waals surface area (Å²) in [6, 6.07) is 13.1. The number of carbonyl (C=O) groups is 4. The standard InChI is InChI=1S/C24H14Cl2O4/c25-19-17(21(27)13-7-1-3-9-15(13)23(19)29)11-5-6-12-18-20(26)24(30)16-10-4-2-8-14(16)22(18)28/h1-10H,11-12H2. The molecular weight excluding hydrogens is 423 g/mol. The summed E-state index contributed by atoms with van der Waals surface area (Å²) in [6.45, 7) is 0. The molecule has 0 fully saturated rings. The Morgan fingerprint density at radius 2 is 0.833 bits per heavy atom. The Hall–Kier alpha value is -3.08. The predicted molar refractivity (Wildman–Crippen MR) is 114 cm³/mol. The Balaban J connectivity index is 1.54. The van der Waals surface area contributed by atoms with Crippen LogP contribution in [-0.2, 0) is 0 Å². The first kappa shape index (κ1) is 20.2. The highest BCUT2D eigenvalue weighted by atomic mass is 35.5. The van der Waals surface area contributed by atoms with Gasteiger partial charge in [0.1, 0.15) is 0 Å². The molecule has 2 aromatic rings. The molecule has 2 aliphatic rings. The molecule has 2 aromatic carbocycles. The number of carbonyl (C=O) groups excluding carboxylic acids is 4. The molecule has 0 amide bonds. The van der Waals surface area contributed by atoms with Crippen LogP contribution in [0.15, 0.2) is 81.9 Å². The molecule has 0 spiro atoms. The second kappa shape index (κ2) is 7.98. The number of hydrogen-bond acceptors (Lipinski definition) is 4. The second-order valence-electron chi connectivity index (χ2n) is 6.87. The van der Waals surface area contributed by atoms with Crippen LogP contribution in [0.4, 0.5) is 0 Å². The average molecular weight is 437 g/mol. The molecule has 0 heterocycles. The average Bonchev–Trinajstić information content (AvgIpc) is 2.77. The van der Waals surface area contributed by atoms with E-state index in [1.165, 1.54) is 0 Å². The van der Waals surface area contributed by atoms with E-state index < -0.39 is 0 Å². The molecule has 0 aliphatic heterocycles. The monoisotopic (exact) mass is 436 g/mol. The summed E-state index contributed by atoms with van der Waals surface area (Å²) >= 11 is 12.3. The summed E-state index contributed by atoms with van der Waals surface area (Å²) in [7, 11) is 0. The maximum atomic E-state index is 12.7. The molecule has 4 rings (SSSR count). The topological polar surface area (TPSA) is 68.3 Å². The van der Waals surface area contributed by atoms with Gasteiger partial charge in [-0.1, -0.05) is 83.9 Å². The number of Topliss-reactive ketones (excluding diaryl/α,β-unsaturated/α-hetero) is 4. The van der Waals surface area contributed by atoms with Gasteiger partial charge in [0.2, 0.25) is 11.6 Å². The highest BCUT2D eigenvalue weighted by Crippen LogP contribution is 2.32. The summed E-state index contributed by atoms with van der Waals surface area (Å²) in [5.74, 6) is -1.36. The van der Waals surface area contributed by atoms with Crippen LogP contribution in [0, 0.1) is 0 Å². The fourth-order valence-electron chi connectivity index (χ4n) is 3.56. The van der Waals surface area contributed by atoms with E-state index in [-0.39, 0.29) is 57.2 Å². The zero-order valence-corrected chi connectivity index (χ0v) is 17.1. The summed E-state index contributed by atoms with van der Waals surface area (Å²) in [5.41, 5.74) is 1.64. The van der Waals surface area contributed by atoms with E-state index in [1.807, 2.05) is 0 Å². The molecule has 148 valence electrons. The minimum atomic E-state index is -0.384. The smallest absolute Gasteiger partial charge is 0.205 e. The molecule has 0 radical (unpaired) electrons. The molecule has 30 heavy (non-hydrogen) atoms. The zero-order valence-electron chi connectivity index (χ0n) is 15.6. The number of fused-ring (bicyclic) bond motifs is 2. The molecule has 2 aliphatic carbocycles. The van der Waals surface area contributed by atoms with Gasteiger partial charge in [-0.05, 0) is 12.8 Å². The number of allylic oxidation sites excluding steroid dienone is 6. The lowest BCUT2D eigenvalue weighted by atomic mass is 9.87. The molecule has 0 aromatic heterocycles. The molecule has 0 unspecified atom stereocenters. The lowest BCUT2D eigenvalue weighted by Gasteiger charge is -2.17. The maximum absolute atomic E-state index is 12.7. The number of hydrogen-bond donors (Lipinski definition) is 0. The van der Waals surface area contributed by atoms with E-state index in [4.69, 9.17) is 23.2 Å².